The number of unbranched alkanes of at least 4 members (excludes halogenated alkanes) is 1. The third-order valence-corrected chi connectivity index (χ3v) is 8.17. The fourth-order valence-corrected chi connectivity index (χ4v) is 6.00. The maximum absolute atomic E-state index is 13.5. The second-order valence-corrected chi connectivity index (χ2v) is 11.4. The Hall–Kier alpha value is -1.96. The van der Waals surface area contributed by atoms with Gasteiger partial charge in [0.05, 0.1) is 17.7 Å². The Morgan fingerprint density at radius 2 is 1.97 bits per heavy atom. The third kappa shape index (κ3) is 7.16. The summed E-state index contributed by atoms with van der Waals surface area (Å²) in [4.78, 5) is 15.4. The lowest BCUT2D eigenvalue weighted by Gasteiger charge is -2.45. The number of piperidine rings is 1. The molecule has 0 saturated carbocycles. The van der Waals surface area contributed by atoms with E-state index in [1.807, 2.05) is 43.0 Å². The maximum atomic E-state index is 13.5. The summed E-state index contributed by atoms with van der Waals surface area (Å²) in [7, 11) is 1.69. The SMILES string of the molecule is CCc1cccc(-c2c(Cl)cccc2C(O)(CCCCOC)C2CCCN(C(=O)C(C)(C)NCCO)C2)c1. The number of nitrogens with zero attached hydrogens (tertiary/aromatic N) is 1. The van der Waals surface area contributed by atoms with Crippen molar-refractivity contribution in [3.63, 3.8) is 0 Å². The maximum Gasteiger partial charge on any atom is 0.242 e. The molecule has 0 aromatic heterocycles. The smallest absolute Gasteiger partial charge is 0.242 e. The van der Waals surface area contributed by atoms with E-state index < -0.39 is 11.1 Å². The molecule has 3 rings (SSSR count). The van der Waals surface area contributed by atoms with Crippen molar-refractivity contribution in [3.8, 4) is 11.1 Å². The van der Waals surface area contributed by atoms with Crippen LogP contribution >= 0.6 is 11.6 Å². The number of aliphatic hydroxyl groups excluding tert-OH is 1. The van der Waals surface area contributed by atoms with Gasteiger partial charge >= 0.3 is 0 Å². The number of carbonyl (C=O) groups is 1. The van der Waals surface area contributed by atoms with Crippen LogP contribution in [0.2, 0.25) is 5.02 Å². The molecule has 3 N–H and O–H groups in total. The number of nitrogens with one attached hydrogen (secondary N) is 1. The molecule has 2 atom stereocenters. The van der Waals surface area contributed by atoms with Gasteiger partial charge in [0, 0.05) is 49.9 Å². The topological polar surface area (TPSA) is 82.0 Å². The van der Waals surface area contributed by atoms with Gasteiger partial charge in [-0.3, -0.25) is 4.79 Å². The van der Waals surface area contributed by atoms with Crippen LogP contribution in [0.15, 0.2) is 42.5 Å². The van der Waals surface area contributed by atoms with Crippen LogP contribution in [-0.4, -0.2) is 66.5 Å². The predicted octanol–water partition coefficient (Wildman–Crippen LogP) is 5.17. The zero-order valence-electron chi connectivity index (χ0n) is 23.4. The number of carbonyl (C=O) groups excluding carboxylic acids is 1. The molecular weight excluding hydrogens is 500 g/mol. The summed E-state index contributed by atoms with van der Waals surface area (Å²) in [5.74, 6) is -0.165. The van der Waals surface area contributed by atoms with Gasteiger partial charge in [0.25, 0.3) is 0 Å². The molecule has 210 valence electrons. The van der Waals surface area contributed by atoms with Crippen LogP contribution < -0.4 is 5.32 Å². The minimum Gasteiger partial charge on any atom is -0.395 e. The second-order valence-electron chi connectivity index (χ2n) is 11.0. The van der Waals surface area contributed by atoms with Crippen LogP contribution in [0.4, 0.5) is 0 Å². The summed E-state index contributed by atoms with van der Waals surface area (Å²) < 4.78 is 5.28. The van der Waals surface area contributed by atoms with Gasteiger partial charge in [-0.25, -0.2) is 0 Å². The molecule has 1 aliphatic rings. The number of likely N-dealkylation sites (tertiary alicyclic amines) is 1. The van der Waals surface area contributed by atoms with E-state index in [4.69, 9.17) is 16.3 Å². The Bertz CT molecular complexity index is 1060. The van der Waals surface area contributed by atoms with E-state index in [2.05, 4.69) is 30.4 Å². The van der Waals surface area contributed by atoms with Crippen molar-refractivity contribution in [2.45, 2.75) is 70.4 Å². The molecule has 2 aromatic rings. The fraction of sp³-hybridized carbons (Fsp3) is 0.581. The molecule has 1 amide bonds. The van der Waals surface area contributed by atoms with Gasteiger partial charge in [-0.05, 0) is 75.1 Å². The number of aliphatic hydroxyl groups is 2. The summed E-state index contributed by atoms with van der Waals surface area (Å²) in [6.07, 6.45) is 4.72. The summed E-state index contributed by atoms with van der Waals surface area (Å²) >= 11 is 6.85. The van der Waals surface area contributed by atoms with Crippen LogP contribution in [0, 0.1) is 5.92 Å². The number of amides is 1. The number of halogens is 1. The highest BCUT2D eigenvalue weighted by Crippen LogP contribution is 2.46. The van der Waals surface area contributed by atoms with Crippen LogP contribution in [0.1, 0.15) is 64.0 Å². The molecule has 2 aromatic carbocycles. The number of aryl methyl sites for hydroxylation is 1. The second kappa shape index (κ2) is 13.9. The molecule has 1 heterocycles. The Balaban J connectivity index is 2.02. The first-order valence-electron chi connectivity index (χ1n) is 13.9. The van der Waals surface area contributed by atoms with Gasteiger partial charge in [-0.15, -0.1) is 0 Å². The lowest BCUT2D eigenvalue weighted by atomic mass is 9.71. The van der Waals surface area contributed by atoms with Crippen molar-refractivity contribution in [1.29, 1.82) is 0 Å². The monoisotopic (exact) mass is 544 g/mol. The first-order valence-corrected chi connectivity index (χ1v) is 14.3. The Kier molecular flexibility index (Phi) is 11.2. The molecule has 0 aliphatic carbocycles. The average molecular weight is 545 g/mol. The number of β-amino-alcohol motifs (C(OH)–C–C–N with tert-alkyl or cyclic N) is 1. The first-order chi connectivity index (χ1) is 18.2. The van der Waals surface area contributed by atoms with Crippen LogP contribution in [0.5, 0.6) is 0 Å². The number of hydrogen-bond donors (Lipinski definition) is 3. The van der Waals surface area contributed by atoms with E-state index in [1.54, 1.807) is 7.11 Å². The van der Waals surface area contributed by atoms with E-state index >= 15 is 0 Å². The molecule has 1 fully saturated rings. The zero-order chi connectivity index (χ0) is 27.8. The van der Waals surface area contributed by atoms with Gasteiger partial charge in [0.15, 0.2) is 0 Å². The molecule has 0 radical (unpaired) electrons. The summed E-state index contributed by atoms with van der Waals surface area (Å²) in [5, 5.41) is 25.7. The standard InChI is InChI=1S/C31H45ClN2O4/c1-5-23-11-8-12-24(21-23)28-26(14-9-15-27(28)32)31(37,16-6-7-20-38-4)25-13-10-18-34(22-25)29(36)30(2,3)33-17-19-35/h8-9,11-12,14-15,21,25,33,35,37H,5-7,10,13,16-20,22H2,1-4H3. The molecule has 7 heteroatoms. The van der Waals surface area contributed by atoms with E-state index in [9.17, 15) is 15.0 Å². The Labute approximate surface area is 233 Å². The van der Waals surface area contributed by atoms with Crippen molar-refractivity contribution in [2.75, 3.05) is 40.0 Å². The minimum absolute atomic E-state index is 0.0145. The number of rotatable bonds is 13. The highest BCUT2D eigenvalue weighted by Gasteiger charge is 2.44. The minimum atomic E-state index is -1.17. The number of ether oxygens (including phenoxy) is 1. The van der Waals surface area contributed by atoms with Crippen molar-refractivity contribution in [1.82, 2.24) is 10.2 Å². The molecular formula is C31H45ClN2O4. The van der Waals surface area contributed by atoms with Crippen molar-refractivity contribution in [2.24, 2.45) is 5.92 Å². The largest absolute Gasteiger partial charge is 0.395 e. The number of hydrogen-bond acceptors (Lipinski definition) is 5. The molecule has 0 bridgehead atoms. The van der Waals surface area contributed by atoms with E-state index in [1.165, 1.54) is 5.56 Å². The lowest BCUT2D eigenvalue weighted by molar-refractivity contribution is -0.142. The molecule has 1 aliphatic heterocycles. The van der Waals surface area contributed by atoms with Gasteiger partial charge in [0.2, 0.25) is 5.91 Å². The predicted molar refractivity (Wildman–Crippen MR) is 154 cm³/mol. The average Bonchev–Trinajstić information content (AvgIpc) is 2.93. The highest BCUT2D eigenvalue weighted by atomic mass is 35.5. The number of methoxy groups -OCH3 is 1. The van der Waals surface area contributed by atoms with Gasteiger partial charge in [-0.1, -0.05) is 54.9 Å². The van der Waals surface area contributed by atoms with Crippen LogP contribution in [0.25, 0.3) is 11.1 Å². The Morgan fingerprint density at radius 1 is 1.21 bits per heavy atom. The normalized spacial score (nSPS) is 17.9. The molecule has 0 spiro atoms. The van der Waals surface area contributed by atoms with Gasteiger partial charge in [0.1, 0.15) is 0 Å². The first kappa shape index (κ1) is 30.6. The van der Waals surface area contributed by atoms with Crippen LogP contribution in [0.3, 0.4) is 0 Å². The summed E-state index contributed by atoms with van der Waals surface area (Å²) in [6, 6.07) is 14.2. The number of benzene rings is 2. The Morgan fingerprint density at radius 3 is 2.68 bits per heavy atom. The third-order valence-electron chi connectivity index (χ3n) is 7.86. The van der Waals surface area contributed by atoms with Crippen LogP contribution in [-0.2, 0) is 21.6 Å². The van der Waals surface area contributed by atoms with E-state index in [0.29, 0.717) is 37.7 Å². The van der Waals surface area contributed by atoms with Crippen molar-refractivity contribution >= 4 is 17.5 Å². The highest BCUT2D eigenvalue weighted by molar-refractivity contribution is 6.33. The lowest BCUT2D eigenvalue weighted by Crippen LogP contribution is -2.58. The van der Waals surface area contributed by atoms with Crippen molar-refractivity contribution in [3.05, 3.63) is 58.6 Å². The van der Waals surface area contributed by atoms with Gasteiger partial charge in [-0.2, -0.15) is 0 Å². The fourth-order valence-electron chi connectivity index (χ4n) is 5.72. The van der Waals surface area contributed by atoms with Gasteiger partial charge < -0.3 is 25.2 Å². The van der Waals surface area contributed by atoms with E-state index in [-0.39, 0.29) is 18.4 Å². The molecule has 38 heavy (non-hydrogen) atoms. The molecule has 2 unspecified atom stereocenters. The zero-order valence-corrected chi connectivity index (χ0v) is 24.2. The quantitative estimate of drug-likeness (QED) is 0.303. The summed E-state index contributed by atoms with van der Waals surface area (Å²) in [5.41, 5.74) is 1.93. The van der Waals surface area contributed by atoms with Crippen molar-refractivity contribution < 1.29 is 19.7 Å². The van der Waals surface area contributed by atoms with E-state index in [0.717, 1.165) is 48.8 Å². The molecule has 1 saturated heterocycles. The molecule has 6 nitrogen and oxygen atoms in total. The summed E-state index contributed by atoms with van der Waals surface area (Å²) in [6.45, 7) is 7.90.